The molecule has 0 saturated carbocycles. The van der Waals surface area contributed by atoms with Gasteiger partial charge < -0.3 is 10.1 Å². The van der Waals surface area contributed by atoms with Crippen LogP contribution in [0.1, 0.15) is 18.3 Å². The molecule has 2 aromatic carbocycles. The molecular weight excluding hydrogens is 483 g/mol. The van der Waals surface area contributed by atoms with Gasteiger partial charge in [0.25, 0.3) is 0 Å². The highest BCUT2D eigenvalue weighted by Gasteiger charge is 2.15. The number of hydrogen-bond donors (Lipinski definition) is 1. The fraction of sp³-hybridized carbons (Fsp3) is 0.227. The Kier molecular flexibility index (Phi) is 8.25. The van der Waals surface area contributed by atoms with Gasteiger partial charge in [0.2, 0.25) is 5.91 Å². The highest BCUT2D eigenvalue weighted by molar-refractivity contribution is 9.10. The Morgan fingerprint density at radius 3 is 2.74 bits per heavy atom. The lowest BCUT2D eigenvalue weighted by molar-refractivity contribution is -0.113. The second-order valence-electron chi connectivity index (χ2n) is 6.55. The molecule has 1 amide bonds. The third-order valence-electron chi connectivity index (χ3n) is 4.34. The van der Waals surface area contributed by atoms with Gasteiger partial charge in [0.15, 0.2) is 11.0 Å². The van der Waals surface area contributed by atoms with Crippen molar-refractivity contribution in [3.63, 3.8) is 0 Å². The zero-order chi connectivity index (χ0) is 22.2. The van der Waals surface area contributed by atoms with Crippen LogP contribution in [0.3, 0.4) is 0 Å². The van der Waals surface area contributed by atoms with Crippen LogP contribution in [0.25, 0.3) is 0 Å². The Morgan fingerprint density at radius 2 is 2.06 bits per heavy atom. The van der Waals surface area contributed by atoms with Crippen molar-refractivity contribution in [1.29, 1.82) is 0 Å². The molecule has 0 radical (unpaired) electrons. The van der Waals surface area contributed by atoms with E-state index in [-0.39, 0.29) is 24.0 Å². The summed E-state index contributed by atoms with van der Waals surface area (Å²) in [6.07, 6.45) is 2.70. The summed E-state index contributed by atoms with van der Waals surface area (Å²) in [7, 11) is 0. The summed E-state index contributed by atoms with van der Waals surface area (Å²) in [6, 6.07) is 12.4. The number of benzene rings is 2. The number of carbonyl (C=O) groups is 1. The molecule has 0 spiro atoms. The first kappa shape index (κ1) is 23.0. The number of aromatic nitrogens is 3. The molecule has 3 rings (SSSR count). The number of allylic oxidation sites excluding steroid dienone is 1. The molecule has 1 N–H and O–H groups in total. The molecule has 6 nitrogen and oxygen atoms in total. The lowest BCUT2D eigenvalue weighted by Gasteiger charge is -2.10. The van der Waals surface area contributed by atoms with E-state index in [2.05, 4.69) is 44.9 Å². The summed E-state index contributed by atoms with van der Waals surface area (Å²) in [5.74, 6) is 0.586. The van der Waals surface area contributed by atoms with E-state index in [4.69, 9.17) is 4.74 Å². The molecule has 9 heteroatoms. The molecule has 0 bridgehead atoms. The number of anilines is 1. The van der Waals surface area contributed by atoms with Crippen molar-refractivity contribution in [2.45, 2.75) is 31.7 Å². The minimum Gasteiger partial charge on any atom is -0.486 e. The first-order valence-electron chi connectivity index (χ1n) is 9.62. The number of nitrogens with zero attached hydrogens (tertiary/aromatic N) is 3. The molecule has 0 saturated heterocycles. The molecular formula is C22H22BrFN4O2S. The smallest absolute Gasteiger partial charge is 0.234 e. The number of ether oxygens (including phenoxy) is 1. The highest BCUT2D eigenvalue weighted by Crippen LogP contribution is 2.22. The number of aryl methyl sites for hydroxylation is 1. The molecule has 1 aromatic heterocycles. The van der Waals surface area contributed by atoms with Gasteiger partial charge in [0.1, 0.15) is 18.2 Å². The standard InChI is InChI=1S/C22H22BrFN4O2S/c1-3-11-28-20(13-30-17-8-5-15(4-2)6-9-17)26-27-22(28)31-14-21(29)25-19-10-7-16(23)12-18(19)24/h3,5-10,12H,1,4,11,13-14H2,2H3,(H,25,29). The number of rotatable bonds is 10. The fourth-order valence-electron chi connectivity index (χ4n) is 2.72. The third-order valence-corrected chi connectivity index (χ3v) is 5.80. The summed E-state index contributed by atoms with van der Waals surface area (Å²) < 4.78 is 22.2. The molecule has 0 aliphatic carbocycles. The van der Waals surface area contributed by atoms with Crippen LogP contribution < -0.4 is 10.1 Å². The van der Waals surface area contributed by atoms with Gasteiger partial charge >= 0.3 is 0 Å². The molecule has 0 fully saturated rings. The Labute approximate surface area is 193 Å². The second kappa shape index (κ2) is 11.1. The maximum Gasteiger partial charge on any atom is 0.234 e. The van der Waals surface area contributed by atoms with Crippen LogP contribution in [0.2, 0.25) is 0 Å². The predicted molar refractivity (Wildman–Crippen MR) is 124 cm³/mol. The van der Waals surface area contributed by atoms with Crippen molar-refractivity contribution in [3.05, 3.63) is 76.8 Å². The molecule has 3 aromatic rings. The highest BCUT2D eigenvalue weighted by atomic mass is 79.9. The Bertz CT molecular complexity index is 1060. The van der Waals surface area contributed by atoms with Crippen LogP contribution in [-0.2, 0) is 24.4 Å². The molecule has 162 valence electrons. The van der Waals surface area contributed by atoms with Gasteiger partial charge in [-0.15, -0.1) is 16.8 Å². The topological polar surface area (TPSA) is 69.0 Å². The van der Waals surface area contributed by atoms with Gasteiger partial charge in [-0.05, 0) is 42.3 Å². The molecule has 0 atom stereocenters. The number of thioether (sulfide) groups is 1. The third kappa shape index (κ3) is 6.41. The van der Waals surface area contributed by atoms with E-state index in [0.29, 0.717) is 22.0 Å². The summed E-state index contributed by atoms with van der Waals surface area (Å²) in [4.78, 5) is 12.2. The number of carbonyl (C=O) groups excluding carboxylic acids is 1. The monoisotopic (exact) mass is 504 g/mol. The van der Waals surface area contributed by atoms with E-state index in [1.165, 1.54) is 29.5 Å². The SMILES string of the molecule is C=CCn1c(COc2ccc(CC)cc2)nnc1SCC(=O)Nc1ccc(Br)cc1F. The minimum atomic E-state index is -0.506. The fourth-order valence-corrected chi connectivity index (χ4v) is 3.82. The van der Waals surface area contributed by atoms with Gasteiger partial charge in [0, 0.05) is 11.0 Å². The molecule has 0 aliphatic heterocycles. The number of amides is 1. The van der Waals surface area contributed by atoms with Gasteiger partial charge in [-0.1, -0.05) is 52.8 Å². The van der Waals surface area contributed by atoms with Gasteiger partial charge in [-0.2, -0.15) is 0 Å². The summed E-state index contributed by atoms with van der Waals surface area (Å²) >= 11 is 4.40. The van der Waals surface area contributed by atoms with Crippen molar-refractivity contribution < 1.29 is 13.9 Å². The van der Waals surface area contributed by atoms with Crippen molar-refractivity contribution >= 4 is 39.3 Å². The Balaban J connectivity index is 1.61. The predicted octanol–water partition coefficient (Wildman–Crippen LogP) is 5.24. The maximum atomic E-state index is 13.9. The maximum absolute atomic E-state index is 13.9. The van der Waals surface area contributed by atoms with Crippen LogP contribution in [0.15, 0.2) is 64.7 Å². The first-order valence-corrected chi connectivity index (χ1v) is 11.4. The number of halogens is 2. The summed E-state index contributed by atoms with van der Waals surface area (Å²) in [5, 5.41) is 11.5. The normalized spacial score (nSPS) is 10.7. The number of nitrogens with one attached hydrogen (secondary N) is 1. The quantitative estimate of drug-likeness (QED) is 0.302. The van der Waals surface area contributed by atoms with Crippen LogP contribution in [0.5, 0.6) is 5.75 Å². The Morgan fingerprint density at radius 1 is 1.29 bits per heavy atom. The molecule has 0 unspecified atom stereocenters. The average molecular weight is 505 g/mol. The first-order chi connectivity index (χ1) is 15.0. The van der Waals surface area contributed by atoms with E-state index in [9.17, 15) is 9.18 Å². The number of hydrogen-bond acceptors (Lipinski definition) is 5. The van der Waals surface area contributed by atoms with Crippen LogP contribution in [-0.4, -0.2) is 26.4 Å². The lowest BCUT2D eigenvalue weighted by Crippen LogP contribution is -2.16. The summed E-state index contributed by atoms with van der Waals surface area (Å²) in [5.41, 5.74) is 1.37. The van der Waals surface area contributed by atoms with Crippen molar-refractivity contribution in [1.82, 2.24) is 14.8 Å². The van der Waals surface area contributed by atoms with Crippen molar-refractivity contribution in [2.24, 2.45) is 0 Å². The van der Waals surface area contributed by atoms with E-state index in [1.807, 2.05) is 28.8 Å². The second-order valence-corrected chi connectivity index (χ2v) is 8.40. The van der Waals surface area contributed by atoms with Crippen molar-refractivity contribution in [3.8, 4) is 5.75 Å². The van der Waals surface area contributed by atoms with Crippen LogP contribution in [0.4, 0.5) is 10.1 Å². The largest absolute Gasteiger partial charge is 0.486 e. The molecule has 0 aliphatic rings. The lowest BCUT2D eigenvalue weighted by atomic mass is 10.2. The van der Waals surface area contributed by atoms with E-state index >= 15 is 0 Å². The summed E-state index contributed by atoms with van der Waals surface area (Å²) in [6.45, 7) is 6.59. The van der Waals surface area contributed by atoms with E-state index in [0.717, 1.165) is 12.2 Å². The zero-order valence-corrected chi connectivity index (χ0v) is 19.4. The van der Waals surface area contributed by atoms with E-state index in [1.54, 1.807) is 12.1 Å². The van der Waals surface area contributed by atoms with Crippen LogP contribution in [0, 0.1) is 5.82 Å². The van der Waals surface area contributed by atoms with Gasteiger partial charge in [-0.3, -0.25) is 9.36 Å². The molecule has 31 heavy (non-hydrogen) atoms. The Hall–Kier alpha value is -2.65. The van der Waals surface area contributed by atoms with Crippen LogP contribution >= 0.6 is 27.7 Å². The van der Waals surface area contributed by atoms with Crippen molar-refractivity contribution in [2.75, 3.05) is 11.1 Å². The zero-order valence-electron chi connectivity index (χ0n) is 17.0. The van der Waals surface area contributed by atoms with Gasteiger partial charge in [-0.25, -0.2) is 4.39 Å². The molecule has 1 heterocycles. The van der Waals surface area contributed by atoms with Gasteiger partial charge in [0.05, 0.1) is 11.4 Å². The average Bonchev–Trinajstić information content (AvgIpc) is 3.15. The van der Waals surface area contributed by atoms with E-state index < -0.39 is 5.82 Å². The minimum absolute atomic E-state index is 0.0596.